The van der Waals surface area contributed by atoms with E-state index in [0.717, 1.165) is 41.8 Å². The van der Waals surface area contributed by atoms with Crippen LogP contribution in [0.1, 0.15) is 65.9 Å². The van der Waals surface area contributed by atoms with Crippen LogP contribution in [0.2, 0.25) is 0 Å². The van der Waals surface area contributed by atoms with Gasteiger partial charge in [-0.3, -0.25) is 0 Å². The van der Waals surface area contributed by atoms with Gasteiger partial charge in [0, 0.05) is 22.5 Å². The summed E-state index contributed by atoms with van der Waals surface area (Å²) >= 11 is 0. The molecule has 3 rings (SSSR count). The number of aliphatic hydroxyl groups excluding tert-OH is 1. The third kappa shape index (κ3) is 1.90. The Morgan fingerprint density at radius 2 is 2.15 bits per heavy atom. The first-order valence-electron chi connectivity index (χ1n) is 7.32. The van der Waals surface area contributed by atoms with Gasteiger partial charge in [0.2, 0.25) is 0 Å². The average molecular weight is 274 g/mol. The van der Waals surface area contributed by atoms with E-state index in [2.05, 4.69) is 29.6 Å². The van der Waals surface area contributed by atoms with E-state index >= 15 is 0 Å². The van der Waals surface area contributed by atoms with Crippen molar-refractivity contribution in [2.75, 3.05) is 0 Å². The lowest BCUT2D eigenvalue weighted by Crippen LogP contribution is -2.17. The van der Waals surface area contributed by atoms with Gasteiger partial charge in [0.1, 0.15) is 5.76 Å². The third-order valence-electron chi connectivity index (χ3n) is 4.51. The number of hydrogen-bond acceptors (Lipinski definition) is 3. The Morgan fingerprint density at radius 1 is 1.40 bits per heavy atom. The molecule has 1 aliphatic carbocycles. The summed E-state index contributed by atoms with van der Waals surface area (Å²) in [4.78, 5) is 0. The zero-order valence-electron chi connectivity index (χ0n) is 12.6. The highest BCUT2D eigenvalue weighted by Crippen LogP contribution is 2.36. The van der Waals surface area contributed by atoms with Crippen LogP contribution in [-0.2, 0) is 6.42 Å². The van der Waals surface area contributed by atoms with Gasteiger partial charge in [0.15, 0.2) is 0 Å². The molecule has 2 aromatic heterocycles. The SMILES string of the molecule is Cc1noc(C)c1C(C)n1c(C)cc2c1CCCC2O. The summed E-state index contributed by atoms with van der Waals surface area (Å²) in [6, 6.07) is 2.32. The number of fused-ring (bicyclic) bond motifs is 1. The van der Waals surface area contributed by atoms with Crippen molar-refractivity contribution in [1.29, 1.82) is 0 Å². The summed E-state index contributed by atoms with van der Waals surface area (Å²) in [6.45, 7) is 8.24. The lowest BCUT2D eigenvalue weighted by molar-refractivity contribution is 0.155. The first kappa shape index (κ1) is 13.4. The molecule has 0 saturated carbocycles. The molecular formula is C16H22N2O2. The van der Waals surface area contributed by atoms with Crippen LogP contribution in [0, 0.1) is 20.8 Å². The highest BCUT2D eigenvalue weighted by molar-refractivity contribution is 5.35. The smallest absolute Gasteiger partial charge is 0.139 e. The molecule has 0 aromatic carbocycles. The maximum Gasteiger partial charge on any atom is 0.139 e. The minimum Gasteiger partial charge on any atom is -0.388 e. The van der Waals surface area contributed by atoms with Crippen molar-refractivity contribution < 1.29 is 9.63 Å². The maximum absolute atomic E-state index is 10.2. The van der Waals surface area contributed by atoms with Crippen LogP contribution in [0.4, 0.5) is 0 Å². The second-order valence-electron chi connectivity index (χ2n) is 5.88. The van der Waals surface area contributed by atoms with Crippen LogP contribution in [0.15, 0.2) is 10.6 Å². The standard InChI is InChI=1S/C16H22N2O2/c1-9-8-13-14(6-5-7-15(13)19)18(9)11(3)16-10(2)17-20-12(16)4/h8,11,15,19H,5-7H2,1-4H3. The molecule has 2 heterocycles. The van der Waals surface area contributed by atoms with E-state index in [9.17, 15) is 5.11 Å². The van der Waals surface area contributed by atoms with E-state index in [4.69, 9.17) is 4.52 Å². The lowest BCUT2D eigenvalue weighted by atomic mass is 9.94. The largest absolute Gasteiger partial charge is 0.388 e. The third-order valence-corrected chi connectivity index (χ3v) is 4.51. The molecule has 0 saturated heterocycles. The summed E-state index contributed by atoms with van der Waals surface area (Å²) < 4.78 is 7.64. The first-order valence-corrected chi connectivity index (χ1v) is 7.32. The molecule has 1 N–H and O–H groups in total. The van der Waals surface area contributed by atoms with Crippen LogP contribution in [0.5, 0.6) is 0 Å². The first-order chi connectivity index (χ1) is 9.50. The topological polar surface area (TPSA) is 51.2 Å². The van der Waals surface area contributed by atoms with Crippen molar-refractivity contribution in [3.8, 4) is 0 Å². The van der Waals surface area contributed by atoms with Gasteiger partial charge in [0.25, 0.3) is 0 Å². The van der Waals surface area contributed by atoms with E-state index in [0.29, 0.717) is 0 Å². The minimum atomic E-state index is -0.310. The van der Waals surface area contributed by atoms with E-state index < -0.39 is 0 Å². The van der Waals surface area contributed by atoms with Crippen LogP contribution in [-0.4, -0.2) is 14.8 Å². The minimum absolute atomic E-state index is 0.190. The van der Waals surface area contributed by atoms with Gasteiger partial charge >= 0.3 is 0 Å². The zero-order valence-corrected chi connectivity index (χ0v) is 12.6. The summed E-state index contributed by atoms with van der Waals surface area (Å²) in [5.74, 6) is 0.883. The predicted octanol–water partition coefficient (Wildman–Crippen LogP) is 3.38. The van der Waals surface area contributed by atoms with Crippen LogP contribution < -0.4 is 0 Å². The fraction of sp³-hybridized carbons (Fsp3) is 0.562. The number of aromatic nitrogens is 2. The Balaban J connectivity index is 2.11. The normalized spacial score (nSPS) is 19.9. The molecule has 4 nitrogen and oxygen atoms in total. The van der Waals surface area contributed by atoms with Gasteiger partial charge in [-0.05, 0) is 53.0 Å². The van der Waals surface area contributed by atoms with E-state index in [1.807, 2.05) is 13.8 Å². The highest BCUT2D eigenvalue weighted by Gasteiger charge is 2.27. The number of hydrogen-bond donors (Lipinski definition) is 1. The monoisotopic (exact) mass is 274 g/mol. The molecule has 0 fully saturated rings. The van der Waals surface area contributed by atoms with Gasteiger partial charge in [0.05, 0.1) is 17.8 Å². The summed E-state index contributed by atoms with van der Waals surface area (Å²) in [7, 11) is 0. The molecule has 2 aromatic rings. The maximum atomic E-state index is 10.2. The van der Waals surface area contributed by atoms with Crippen LogP contribution in [0.25, 0.3) is 0 Å². The second kappa shape index (κ2) is 4.77. The number of aryl methyl sites for hydroxylation is 3. The fourth-order valence-corrected chi connectivity index (χ4v) is 3.66. The lowest BCUT2D eigenvalue weighted by Gasteiger charge is -2.24. The van der Waals surface area contributed by atoms with Crippen molar-refractivity contribution in [1.82, 2.24) is 9.72 Å². The van der Waals surface area contributed by atoms with Crippen molar-refractivity contribution in [2.24, 2.45) is 0 Å². The predicted molar refractivity (Wildman–Crippen MR) is 76.9 cm³/mol. The Hall–Kier alpha value is -1.55. The molecule has 0 spiro atoms. The Morgan fingerprint density at radius 3 is 2.80 bits per heavy atom. The molecule has 0 amide bonds. The summed E-state index contributed by atoms with van der Waals surface area (Å²) in [6.07, 6.45) is 2.64. The average Bonchev–Trinajstić information content (AvgIpc) is 2.90. The fourth-order valence-electron chi connectivity index (χ4n) is 3.66. The Kier molecular flexibility index (Phi) is 3.21. The molecule has 0 radical (unpaired) electrons. The number of rotatable bonds is 2. The van der Waals surface area contributed by atoms with Gasteiger partial charge < -0.3 is 14.2 Å². The van der Waals surface area contributed by atoms with Gasteiger partial charge in [-0.2, -0.15) is 0 Å². The van der Waals surface area contributed by atoms with E-state index in [1.165, 1.54) is 11.4 Å². The van der Waals surface area contributed by atoms with E-state index in [1.54, 1.807) is 0 Å². The number of aliphatic hydroxyl groups is 1. The molecule has 2 atom stereocenters. The van der Waals surface area contributed by atoms with Crippen LogP contribution >= 0.6 is 0 Å². The molecule has 4 heteroatoms. The number of nitrogens with zero attached hydrogens (tertiary/aromatic N) is 2. The molecular weight excluding hydrogens is 252 g/mol. The highest BCUT2D eigenvalue weighted by atomic mass is 16.5. The van der Waals surface area contributed by atoms with Gasteiger partial charge in [-0.25, -0.2) is 0 Å². The Labute approximate surface area is 119 Å². The Bertz CT molecular complexity index is 620. The van der Waals surface area contributed by atoms with Crippen molar-refractivity contribution in [3.63, 3.8) is 0 Å². The van der Waals surface area contributed by atoms with E-state index in [-0.39, 0.29) is 12.1 Å². The van der Waals surface area contributed by atoms with Gasteiger partial charge in [-0.1, -0.05) is 5.16 Å². The molecule has 0 bridgehead atoms. The van der Waals surface area contributed by atoms with Crippen LogP contribution in [0.3, 0.4) is 0 Å². The molecule has 108 valence electrons. The summed E-state index contributed by atoms with van der Waals surface area (Å²) in [5.41, 5.74) is 5.68. The van der Waals surface area contributed by atoms with Crippen molar-refractivity contribution >= 4 is 0 Å². The summed E-state index contributed by atoms with van der Waals surface area (Å²) in [5, 5.41) is 14.2. The molecule has 2 unspecified atom stereocenters. The molecule has 20 heavy (non-hydrogen) atoms. The zero-order chi connectivity index (χ0) is 14.4. The molecule has 0 aliphatic heterocycles. The second-order valence-corrected chi connectivity index (χ2v) is 5.88. The van der Waals surface area contributed by atoms with Crippen molar-refractivity contribution in [3.05, 3.63) is 40.0 Å². The molecule has 1 aliphatic rings. The quantitative estimate of drug-likeness (QED) is 0.913. The van der Waals surface area contributed by atoms with Crippen molar-refractivity contribution in [2.45, 2.75) is 59.1 Å². The van der Waals surface area contributed by atoms with Gasteiger partial charge in [-0.15, -0.1) is 0 Å².